The molecule has 1 fully saturated rings. The van der Waals surface area contributed by atoms with Gasteiger partial charge in [0.15, 0.2) is 11.0 Å². The molecule has 0 bridgehead atoms. The Bertz CT molecular complexity index is 1230. The minimum atomic E-state index is -0.406. The summed E-state index contributed by atoms with van der Waals surface area (Å²) >= 11 is 1.44. The van der Waals surface area contributed by atoms with Gasteiger partial charge in [-0.05, 0) is 42.7 Å². The van der Waals surface area contributed by atoms with Crippen LogP contribution in [-0.2, 0) is 11.3 Å². The number of aromatic nitrogens is 3. The normalized spacial score (nSPS) is 14.3. The summed E-state index contributed by atoms with van der Waals surface area (Å²) in [6.07, 6.45) is 3.75. The zero-order valence-electron chi connectivity index (χ0n) is 19.0. The van der Waals surface area contributed by atoms with E-state index < -0.39 is 5.25 Å². The number of amides is 1. The molecular formula is C26H26N4O3S. The summed E-state index contributed by atoms with van der Waals surface area (Å²) in [4.78, 5) is 15.5. The van der Waals surface area contributed by atoms with Gasteiger partial charge in [0.1, 0.15) is 16.8 Å². The first-order chi connectivity index (χ1) is 16.7. The van der Waals surface area contributed by atoms with Crippen LogP contribution in [0.4, 0.5) is 0 Å². The van der Waals surface area contributed by atoms with Gasteiger partial charge in [0.25, 0.3) is 0 Å². The maximum atomic E-state index is 13.6. The molecule has 0 saturated carbocycles. The van der Waals surface area contributed by atoms with E-state index in [1.54, 1.807) is 13.4 Å². The Kier molecular flexibility index (Phi) is 6.67. The second-order valence-electron chi connectivity index (χ2n) is 8.14. The Hall–Kier alpha value is -3.52. The topological polar surface area (TPSA) is 73.4 Å². The number of rotatable bonds is 8. The maximum absolute atomic E-state index is 13.6. The highest BCUT2D eigenvalue weighted by Gasteiger charge is 2.31. The van der Waals surface area contributed by atoms with Crippen LogP contribution < -0.4 is 4.74 Å². The molecule has 0 radical (unpaired) electrons. The minimum Gasteiger partial charge on any atom is -0.497 e. The van der Waals surface area contributed by atoms with Crippen molar-refractivity contribution in [3.63, 3.8) is 0 Å². The van der Waals surface area contributed by atoms with Crippen molar-refractivity contribution in [2.45, 2.75) is 29.8 Å². The first-order valence-electron chi connectivity index (χ1n) is 11.3. The number of thioether (sulfide) groups is 1. The quantitative estimate of drug-likeness (QED) is 0.333. The van der Waals surface area contributed by atoms with Crippen LogP contribution in [0.3, 0.4) is 0 Å². The lowest BCUT2D eigenvalue weighted by Crippen LogP contribution is -2.31. The van der Waals surface area contributed by atoms with Crippen LogP contribution in [0, 0.1) is 0 Å². The first kappa shape index (κ1) is 22.3. The number of ether oxygens (including phenoxy) is 1. The number of hydrogen-bond donors (Lipinski definition) is 0. The largest absolute Gasteiger partial charge is 0.497 e. The highest BCUT2D eigenvalue weighted by molar-refractivity contribution is 8.00. The second-order valence-corrected chi connectivity index (χ2v) is 9.22. The monoisotopic (exact) mass is 474 g/mol. The molecular weight excluding hydrogens is 448 g/mol. The third kappa shape index (κ3) is 4.72. The number of carbonyl (C=O) groups is 1. The molecule has 1 aliphatic heterocycles. The molecule has 3 heterocycles. The molecule has 5 rings (SSSR count). The number of methoxy groups -OCH3 is 1. The Balaban J connectivity index is 1.54. The van der Waals surface area contributed by atoms with E-state index in [1.165, 1.54) is 11.8 Å². The Morgan fingerprint density at radius 2 is 1.88 bits per heavy atom. The average molecular weight is 475 g/mol. The van der Waals surface area contributed by atoms with Crippen LogP contribution in [0.15, 0.2) is 82.6 Å². The molecule has 1 unspecified atom stereocenters. The van der Waals surface area contributed by atoms with Gasteiger partial charge in [-0.25, -0.2) is 0 Å². The van der Waals surface area contributed by atoms with Crippen molar-refractivity contribution in [1.29, 1.82) is 0 Å². The van der Waals surface area contributed by atoms with Crippen molar-refractivity contribution in [3.05, 3.63) is 84.3 Å². The standard InChI is InChI=1S/C26H26N4O3S/c1-32-21-12-7-11-20(17-21)24-27-28-26(30(24)18-22-13-8-16-33-22)34-23(19-9-3-2-4-10-19)25(31)29-14-5-6-15-29/h2-4,7-13,16-17,23H,5-6,14-15,18H2,1H3. The SMILES string of the molecule is COc1cccc(-c2nnc(SC(C(=O)N3CCCC3)c3ccccc3)n2Cc2ccco2)c1. The van der Waals surface area contributed by atoms with E-state index in [-0.39, 0.29) is 5.91 Å². The summed E-state index contributed by atoms with van der Waals surface area (Å²) in [5.74, 6) is 2.33. The predicted octanol–water partition coefficient (Wildman–Crippen LogP) is 5.05. The van der Waals surface area contributed by atoms with Gasteiger partial charge < -0.3 is 14.1 Å². The number of furan rings is 1. The fourth-order valence-electron chi connectivity index (χ4n) is 4.15. The molecule has 7 nitrogen and oxygen atoms in total. The van der Waals surface area contributed by atoms with Crippen LogP contribution in [0.25, 0.3) is 11.4 Å². The smallest absolute Gasteiger partial charge is 0.240 e. The van der Waals surface area contributed by atoms with E-state index in [1.807, 2.05) is 76.2 Å². The van der Waals surface area contributed by atoms with Crippen molar-refractivity contribution in [1.82, 2.24) is 19.7 Å². The number of likely N-dealkylation sites (tertiary alicyclic amines) is 1. The third-order valence-corrected chi connectivity index (χ3v) is 7.13. The van der Waals surface area contributed by atoms with E-state index >= 15 is 0 Å². The van der Waals surface area contributed by atoms with E-state index in [4.69, 9.17) is 9.15 Å². The van der Waals surface area contributed by atoms with Gasteiger partial charge in [-0.3, -0.25) is 9.36 Å². The van der Waals surface area contributed by atoms with E-state index in [9.17, 15) is 4.79 Å². The van der Waals surface area contributed by atoms with Crippen LogP contribution in [0.1, 0.15) is 29.4 Å². The lowest BCUT2D eigenvalue weighted by molar-refractivity contribution is -0.129. The summed E-state index contributed by atoms with van der Waals surface area (Å²) in [6, 6.07) is 21.4. The van der Waals surface area contributed by atoms with Gasteiger partial charge in [-0.2, -0.15) is 0 Å². The molecule has 0 N–H and O–H groups in total. The molecule has 1 amide bonds. The van der Waals surface area contributed by atoms with Gasteiger partial charge in [0.2, 0.25) is 5.91 Å². The van der Waals surface area contributed by atoms with Crippen LogP contribution in [0.5, 0.6) is 5.75 Å². The lowest BCUT2D eigenvalue weighted by atomic mass is 10.1. The van der Waals surface area contributed by atoms with Crippen molar-refractivity contribution in [3.8, 4) is 17.1 Å². The van der Waals surface area contributed by atoms with Crippen LogP contribution in [0.2, 0.25) is 0 Å². The predicted molar refractivity (Wildman–Crippen MR) is 131 cm³/mol. The highest BCUT2D eigenvalue weighted by atomic mass is 32.2. The summed E-state index contributed by atoms with van der Waals surface area (Å²) in [6.45, 7) is 2.06. The van der Waals surface area contributed by atoms with Crippen molar-refractivity contribution in [2.75, 3.05) is 20.2 Å². The molecule has 174 valence electrons. The Morgan fingerprint density at radius 3 is 2.62 bits per heavy atom. The molecule has 1 atom stereocenters. The molecule has 2 aromatic carbocycles. The Labute approximate surface area is 202 Å². The van der Waals surface area contributed by atoms with Gasteiger partial charge in [0.05, 0.1) is 19.9 Å². The maximum Gasteiger partial charge on any atom is 0.240 e. The zero-order chi connectivity index (χ0) is 23.3. The van der Waals surface area contributed by atoms with Gasteiger partial charge in [-0.1, -0.05) is 54.2 Å². The molecule has 34 heavy (non-hydrogen) atoms. The lowest BCUT2D eigenvalue weighted by Gasteiger charge is -2.23. The molecule has 4 aromatic rings. The number of benzene rings is 2. The fraction of sp³-hybridized carbons (Fsp3) is 0.269. The van der Waals surface area contributed by atoms with E-state index in [2.05, 4.69) is 10.2 Å². The zero-order valence-corrected chi connectivity index (χ0v) is 19.8. The minimum absolute atomic E-state index is 0.115. The number of hydrogen-bond acceptors (Lipinski definition) is 6. The second kappa shape index (κ2) is 10.2. The van der Waals surface area contributed by atoms with Gasteiger partial charge in [0, 0.05) is 18.7 Å². The number of nitrogens with zero attached hydrogens (tertiary/aromatic N) is 4. The molecule has 0 aliphatic carbocycles. The third-order valence-electron chi connectivity index (χ3n) is 5.91. The summed E-state index contributed by atoms with van der Waals surface area (Å²) in [7, 11) is 1.64. The van der Waals surface area contributed by atoms with Crippen molar-refractivity contribution < 1.29 is 13.9 Å². The molecule has 8 heteroatoms. The summed E-state index contributed by atoms with van der Waals surface area (Å²) < 4.78 is 13.0. The van der Waals surface area contributed by atoms with Gasteiger partial charge in [-0.15, -0.1) is 10.2 Å². The molecule has 1 aliphatic rings. The highest BCUT2D eigenvalue weighted by Crippen LogP contribution is 2.38. The van der Waals surface area contributed by atoms with Crippen LogP contribution in [-0.4, -0.2) is 45.8 Å². The van der Waals surface area contributed by atoms with E-state index in [0.717, 1.165) is 48.6 Å². The molecule has 0 spiro atoms. The molecule has 2 aromatic heterocycles. The van der Waals surface area contributed by atoms with Crippen LogP contribution >= 0.6 is 11.8 Å². The first-order valence-corrected chi connectivity index (χ1v) is 12.2. The number of carbonyl (C=O) groups excluding carboxylic acids is 1. The summed E-state index contributed by atoms with van der Waals surface area (Å²) in [5, 5.41) is 9.30. The molecule has 1 saturated heterocycles. The van der Waals surface area contributed by atoms with Gasteiger partial charge >= 0.3 is 0 Å². The summed E-state index contributed by atoms with van der Waals surface area (Å²) in [5.41, 5.74) is 1.84. The van der Waals surface area contributed by atoms with Crippen molar-refractivity contribution >= 4 is 17.7 Å². The van der Waals surface area contributed by atoms with E-state index in [0.29, 0.717) is 17.5 Å². The van der Waals surface area contributed by atoms with Crippen molar-refractivity contribution in [2.24, 2.45) is 0 Å². The average Bonchev–Trinajstić information content (AvgIpc) is 3.66. The fourth-order valence-corrected chi connectivity index (χ4v) is 5.27. The Morgan fingerprint density at radius 1 is 1.06 bits per heavy atom.